The summed E-state index contributed by atoms with van der Waals surface area (Å²) < 4.78 is 0. The van der Waals surface area contributed by atoms with Crippen LogP contribution in [0.25, 0.3) is 10.6 Å². The zero-order valence-electron chi connectivity index (χ0n) is 12.4. The number of benzene rings is 2. The van der Waals surface area contributed by atoms with Crippen molar-refractivity contribution < 1.29 is 4.79 Å². The lowest BCUT2D eigenvalue weighted by Crippen LogP contribution is -2.26. The minimum absolute atomic E-state index is 0.00529. The molecule has 4 nitrogen and oxygen atoms in total. The quantitative estimate of drug-likeness (QED) is 0.627. The molecule has 0 bridgehead atoms. The first-order valence-corrected chi connectivity index (χ1v) is 9.51. The number of anilines is 1. The van der Waals surface area contributed by atoms with Gasteiger partial charge in [0.15, 0.2) is 5.01 Å². The van der Waals surface area contributed by atoms with Gasteiger partial charge in [0.05, 0.1) is 11.1 Å². The maximum Gasteiger partial charge on any atom is 0.288 e. The molecule has 1 fully saturated rings. The van der Waals surface area contributed by atoms with Gasteiger partial charge in [-0.1, -0.05) is 83.2 Å². The lowest BCUT2D eigenvalue weighted by molar-refractivity contribution is 0.265. The molecule has 0 saturated carbocycles. The van der Waals surface area contributed by atoms with Crippen molar-refractivity contribution in [1.82, 2.24) is 10.2 Å². The molecular formula is C17H12ClN3OS2. The number of hydrogen-bond acceptors (Lipinski definition) is 5. The van der Waals surface area contributed by atoms with Crippen molar-refractivity contribution in [2.75, 3.05) is 10.7 Å². The molecule has 0 N–H and O–H groups in total. The summed E-state index contributed by atoms with van der Waals surface area (Å²) in [4.78, 5) is 14.1. The third kappa shape index (κ3) is 2.81. The molecule has 4 rings (SSSR count). The Morgan fingerprint density at radius 2 is 1.79 bits per heavy atom. The van der Waals surface area contributed by atoms with Gasteiger partial charge >= 0.3 is 0 Å². The van der Waals surface area contributed by atoms with Crippen molar-refractivity contribution in [3.63, 3.8) is 0 Å². The van der Waals surface area contributed by atoms with Crippen LogP contribution < -0.4 is 4.90 Å². The van der Waals surface area contributed by atoms with Crippen molar-refractivity contribution in [3.8, 4) is 10.6 Å². The van der Waals surface area contributed by atoms with E-state index in [-0.39, 0.29) is 11.3 Å². The van der Waals surface area contributed by atoms with Gasteiger partial charge in [0.2, 0.25) is 5.13 Å². The largest absolute Gasteiger partial charge is 0.288 e. The molecule has 3 aromatic rings. The number of aromatic nitrogens is 2. The number of rotatable bonds is 3. The van der Waals surface area contributed by atoms with E-state index >= 15 is 0 Å². The molecule has 1 amide bonds. The van der Waals surface area contributed by atoms with E-state index in [1.807, 2.05) is 54.6 Å². The summed E-state index contributed by atoms with van der Waals surface area (Å²) >= 11 is 8.93. The first-order chi connectivity index (χ1) is 11.7. The van der Waals surface area contributed by atoms with Gasteiger partial charge in [0, 0.05) is 11.3 Å². The number of halogens is 1. The molecule has 0 spiro atoms. The minimum atomic E-state index is -0.0178. The first-order valence-electron chi connectivity index (χ1n) is 7.33. The Balaban J connectivity index is 1.70. The Bertz CT molecular complexity index is 884. The number of amides is 1. The second-order valence-corrected chi connectivity index (χ2v) is 7.58. The van der Waals surface area contributed by atoms with Crippen LogP contribution in [0.5, 0.6) is 0 Å². The van der Waals surface area contributed by atoms with Crippen LogP contribution in [-0.2, 0) is 0 Å². The van der Waals surface area contributed by atoms with Gasteiger partial charge in [-0.3, -0.25) is 9.69 Å². The van der Waals surface area contributed by atoms with E-state index in [0.717, 1.165) is 11.1 Å². The monoisotopic (exact) mass is 373 g/mol. The average Bonchev–Trinajstić information content (AvgIpc) is 3.22. The molecule has 1 atom stereocenters. The highest BCUT2D eigenvalue weighted by atomic mass is 35.5. The fraction of sp³-hybridized carbons (Fsp3) is 0.118. The molecule has 1 saturated heterocycles. The van der Waals surface area contributed by atoms with E-state index in [2.05, 4.69) is 10.2 Å². The maximum absolute atomic E-state index is 12.4. The fourth-order valence-electron chi connectivity index (χ4n) is 2.61. The van der Waals surface area contributed by atoms with Gasteiger partial charge in [-0.05, 0) is 11.6 Å². The van der Waals surface area contributed by atoms with E-state index < -0.39 is 0 Å². The van der Waals surface area contributed by atoms with Gasteiger partial charge in [0.1, 0.15) is 0 Å². The lowest BCUT2D eigenvalue weighted by atomic mass is 10.1. The minimum Gasteiger partial charge on any atom is -0.269 e. The highest BCUT2D eigenvalue weighted by molar-refractivity contribution is 8.14. The maximum atomic E-state index is 12.4. The number of hydrogen-bond donors (Lipinski definition) is 0. The molecule has 1 aliphatic heterocycles. The first kappa shape index (κ1) is 15.6. The summed E-state index contributed by atoms with van der Waals surface area (Å²) in [6, 6.07) is 17.5. The number of carbonyl (C=O) groups is 1. The Morgan fingerprint density at radius 1 is 1.04 bits per heavy atom. The molecule has 0 radical (unpaired) electrons. The van der Waals surface area contributed by atoms with Crippen LogP contribution in [0.1, 0.15) is 11.6 Å². The van der Waals surface area contributed by atoms with Crippen molar-refractivity contribution in [1.29, 1.82) is 0 Å². The molecule has 2 heterocycles. The molecule has 1 aromatic heterocycles. The predicted molar refractivity (Wildman–Crippen MR) is 99.9 cm³/mol. The fourth-order valence-corrected chi connectivity index (χ4v) is 4.88. The van der Waals surface area contributed by atoms with Crippen LogP contribution >= 0.6 is 34.7 Å². The molecule has 1 aliphatic rings. The van der Waals surface area contributed by atoms with E-state index in [9.17, 15) is 4.79 Å². The van der Waals surface area contributed by atoms with Crippen LogP contribution in [0.15, 0.2) is 54.6 Å². The van der Waals surface area contributed by atoms with Crippen LogP contribution in [0.4, 0.5) is 9.93 Å². The average molecular weight is 374 g/mol. The third-order valence-corrected chi connectivity index (χ3v) is 5.99. The predicted octanol–water partition coefficient (Wildman–Crippen LogP) is 5.27. The summed E-state index contributed by atoms with van der Waals surface area (Å²) in [7, 11) is 0. The molecule has 1 unspecified atom stereocenters. The second-order valence-electron chi connectivity index (χ2n) is 5.24. The van der Waals surface area contributed by atoms with Crippen LogP contribution in [0.2, 0.25) is 5.02 Å². The zero-order chi connectivity index (χ0) is 16.5. The Morgan fingerprint density at radius 3 is 2.58 bits per heavy atom. The molecule has 0 aliphatic carbocycles. The normalized spacial score (nSPS) is 17.5. The van der Waals surface area contributed by atoms with Crippen LogP contribution in [-0.4, -0.2) is 21.2 Å². The summed E-state index contributed by atoms with van der Waals surface area (Å²) in [5, 5.41) is 10.4. The number of carbonyl (C=O) groups excluding carboxylic acids is 1. The highest BCUT2D eigenvalue weighted by Gasteiger charge is 2.36. The van der Waals surface area contributed by atoms with Gasteiger partial charge in [-0.15, -0.1) is 10.2 Å². The number of thioether (sulfide) groups is 1. The Kier molecular flexibility index (Phi) is 4.26. The molecule has 24 heavy (non-hydrogen) atoms. The van der Waals surface area contributed by atoms with E-state index in [0.29, 0.717) is 20.9 Å². The van der Waals surface area contributed by atoms with Crippen molar-refractivity contribution in [2.45, 2.75) is 6.04 Å². The second kappa shape index (κ2) is 6.55. The molecule has 120 valence electrons. The zero-order valence-corrected chi connectivity index (χ0v) is 14.8. The summed E-state index contributed by atoms with van der Waals surface area (Å²) in [6.45, 7) is 0. The SMILES string of the molecule is O=C1SCC(c2ccccc2)N1c1nnc(-c2ccccc2Cl)s1. The van der Waals surface area contributed by atoms with Crippen molar-refractivity contribution >= 4 is 45.1 Å². The summed E-state index contributed by atoms with van der Waals surface area (Å²) in [5.41, 5.74) is 1.93. The van der Waals surface area contributed by atoms with Gasteiger partial charge in [-0.25, -0.2) is 0 Å². The number of nitrogens with zero attached hydrogens (tertiary/aromatic N) is 3. The molecule has 2 aromatic carbocycles. The highest BCUT2D eigenvalue weighted by Crippen LogP contribution is 2.42. The van der Waals surface area contributed by atoms with Crippen molar-refractivity contribution in [3.05, 3.63) is 65.2 Å². The molecular weight excluding hydrogens is 362 g/mol. The van der Waals surface area contributed by atoms with Gasteiger partial charge < -0.3 is 0 Å². The summed E-state index contributed by atoms with van der Waals surface area (Å²) in [6.07, 6.45) is 0. The van der Waals surface area contributed by atoms with Crippen LogP contribution in [0.3, 0.4) is 0 Å². The Hall–Kier alpha value is -1.89. The molecule has 7 heteroatoms. The van der Waals surface area contributed by atoms with E-state index in [1.165, 1.54) is 23.1 Å². The lowest BCUT2D eigenvalue weighted by Gasteiger charge is -2.20. The summed E-state index contributed by atoms with van der Waals surface area (Å²) in [5.74, 6) is 0.712. The Labute approximate surface area is 152 Å². The van der Waals surface area contributed by atoms with Crippen LogP contribution in [0, 0.1) is 0 Å². The smallest absolute Gasteiger partial charge is 0.269 e. The van der Waals surface area contributed by atoms with E-state index in [4.69, 9.17) is 11.6 Å². The van der Waals surface area contributed by atoms with E-state index in [1.54, 1.807) is 4.90 Å². The third-order valence-electron chi connectivity index (χ3n) is 3.78. The van der Waals surface area contributed by atoms with Gasteiger partial charge in [0.25, 0.3) is 5.24 Å². The topological polar surface area (TPSA) is 46.1 Å². The standard InChI is InChI=1S/C17H12ClN3OS2/c18-13-9-5-4-8-12(13)15-19-20-16(24-15)21-14(10-23-17(21)22)11-6-2-1-3-7-11/h1-9,14H,10H2. The van der Waals surface area contributed by atoms with Crippen molar-refractivity contribution in [2.24, 2.45) is 0 Å². The van der Waals surface area contributed by atoms with Gasteiger partial charge in [-0.2, -0.15) is 0 Å².